The molecule has 0 nitrogen and oxygen atoms in total. The fraction of sp³-hybridized carbons (Fsp3) is 0.391. The predicted molar refractivity (Wildman–Crippen MR) is 99.1 cm³/mol. The molecule has 1 atom stereocenters. The number of hydrogen-bond donors (Lipinski definition) is 0. The number of fused-ring (bicyclic) bond motifs is 2. The topological polar surface area (TPSA) is 0 Å². The van der Waals surface area contributed by atoms with Gasteiger partial charge in [0.1, 0.15) is 0 Å². The van der Waals surface area contributed by atoms with Crippen molar-refractivity contribution in [2.45, 2.75) is 58.3 Å². The predicted octanol–water partition coefficient (Wildman–Crippen LogP) is 6.02. The van der Waals surface area contributed by atoms with Gasteiger partial charge in [-0.15, -0.1) is 0 Å². The second-order valence-electron chi connectivity index (χ2n) is 8.26. The van der Waals surface area contributed by atoms with Gasteiger partial charge in [-0.3, -0.25) is 0 Å². The van der Waals surface area contributed by atoms with E-state index < -0.39 is 0 Å². The number of rotatable bonds is 1. The van der Waals surface area contributed by atoms with E-state index in [4.69, 9.17) is 0 Å². The van der Waals surface area contributed by atoms with Crippen LogP contribution in [0.25, 0.3) is 6.08 Å². The SMILES string of the molecule is CC1=Cc2cc3c(cc2C1c1ccccc1C(C)(C)C)CCC3. The van der Waals surface area contributed by atoms with Gasteiger partial charge in [-0.25, -0.2) is 0 Å². The molecule has 1 unspecified atom stereocenters. The van der Waals surface area contributed by atoms with Crippen molar-refractivity contribution in [3.8, 4) is 0 Å². The van der Waals surface area contributed by atoms with Gasteiger partial charge < -0.3 is 0 Å². The van der Waals surface area contributed by atoms with Crippen LogP contribution in [0.1, 0.15) is 73.4 Å². The lowest BCUT2D eigenvalue weighted by atomic mass is 9.77. The summed E-state index contributed by atoms with van der Waals surface area (Å²) in [5.41, 5.74) is 10.8. The van der Waals surface area contributed by atoms with Crippen molar-refractivity contribution >= 4 is 6.08 Å². The molecule has 0 spiro atoms. The third-order valence-electron chi connectivity index (χ3n) is 5.53. The van der Waals surface area contributed by atoms with Gasteiger partial charge in [0.2, 0.25) is 0 Å². The molecule has 0 saturated carbocycles. The normalized spacial score (nSPS) is 19.5. The van der Waals surface area contributed by atoms with E-state index in [1.165, 1.54) is 47.1 Å². The fourth-order valence-electron chi connectivity index (χ4n) is 4.46. The standard InChI is InChI=1S/C23H26/c1-15-12-18-13-16-8-7-9-17(16)14-20(18)22(15)19-10-5-6-11-21(19)23(2,3)4/h5-6,10-14,22H,7-9H2,1-4H3. The first-order chi connectivity index (χ1) is 10.9. The number of aryl methyl sites for hydroxylation is 2. The minimum atomic E-state index is 0.177. The maximum atomic E-state index is 2.51. The van der Waals surface area contributed by atoms with Crippen LogP contribution >= 0.6 is 0 Å². The minimum Gasteiger partial charge on any atom is -0.0620 e. The van der Waals surface area contributed by atoms with Crippen molar-refractivity contribution < 1.29 is 0 Å². The summed E-state index contributed by atoms with van der Waals surface area (Å²) < 4.78 is 0. The molecule has 118 valence electrons. The second kappa shape index (κ2) is 5.09. The summed E-state index contributed by atoms with van der Waals surface area (Å²) in [6, 6.07) is 14.0. The Morgan fingerprint density at radius 1 is 0.913 bits per heavy atom. The Hall–Kier alpha value is -1.82. The van der Waals surface area contributed by atoms with Crippen LogP contribution in [0.2, 0.25) is 0 Å². The molecule has 0 fully saturated rings. The third kappa shape index (κ3) is 2.36. The summed E-state index contributed by atoms with van der Waals surface area (Å²) in [7, 11) is 0. The van der Waals surface area contributed by atoms with E-state index >= 15 is 0 Å². The minimum absolute atomic E-state index is 0.177. The molecule has 2 aliphatic carbocycles. The van der Waals surface area contributed by atoms with Crippen molar-refractivity contribution in [2.24, 2.45) is 0 Å². The zero-order valence-corrected chi connectivity index (χ0v) is 14.7. The molecule has 0 heteroatoms. The maximum absolute atomic E-state index is 2.51. The van der Waals surface area contributed by atoms with Gasteiger partial charge in [0.05, 0.1) is 0 Å². The van der Waals surface area contributed by atoms with Crippen molar-refractivity contribution in [1.29, 1.82) is 0 Å². The fourth-order valence-corrected chi connectivity index (χ4v) is 4.46. The van der Waals surface area contributed by atoms with Crippen LogP contribution in [0, 0.1) is 0 Å². The molecule has 23 heavy (non-hydrogen) atoms. The van der Waals surface area contributed by atoms with Crippen LogP contribution in [-0.4, -0.2) is 0 Å². The maximum Gasteiger partial charge on any atom is 0.0308 e. The van der Waals surface area contributed by atoms with Gasteiger partial charge in [-0.05, 0) is 65.0 Å². The van der Waals surface area contributed by atoms with E-state index in [0.717, 1.165) is 0 Å². The van der Waals surface area contributed by atoms with E-state index in [9.17, 15) is 0 Å². The Balaban J connectivity index is 1.89. The molecule has 0 heterocycles. The van der Waals surface area contributed by atoms with Crippen LogP contribution < -0.4 is 0 Å². The molecule has 0 bridgehead atoms. The summed E-state index contributed by atoms with van der Waals surface area (Å²) in [4.78, 5) is 0. The first-order valence-corrected chi connectivity index (χ1v) is 8.88. The van der Waals surface area contributed by atoms with Crippen LogP contribution in [0.4, 0.5) is 0 Å². The Morgan fingerprint density at radius 2 is 1.61 bits per heavy atom. The average Bonchev–Trinajstić information content (AvgIpc) is 3.06. The van der Waals surface area contributed by atoms with Gasteiger partial charge in [-0.2, -0.15) is 0 Å². The van der Waals surface area contributed by atoms with Gasteiger partial charge in [0, 0.05) is 5.92 Å². The lowest BCUT2D eigenvalue weighted by Gasteiger charge is -2.27. The van der Waals surface area contributed by atoms with Crippen molar-refractivity contribution in [3.63, 3.8) is 0 Å². The highest BCUT2D eigenvalue weighted by atomic mass is 14.3. The highest BCUT2D eigenvalue weighted by Crippen LogP contribution is 2.45. The zero-order valence-electron chi connectivity index (χ0n) is 14.7. The van der Waals surface area contributed by atoms with E-state index in [1.54, 1.807) is 11.1 Å². The summed E-state index contributed by atoms with van der Waals surface area (Å²) in [5.74, 6) is 0.436. The summed E-state index contributed by atoms with van der Waals surface area (Å²) in [5, 5.41) is 0. The third-order valence-corrected chi connectivity index (χ3v) is 5.53. The Morgan fingerprint density at radius 3 is 2.35 bits per heavy atom. The molecular formula is C23H26. The van der Waals surface area contributed by atoms with E-state index in [-0.39, 0.29) is 5.41 Å². The van der Waals surface area contributed by atoms with Gasteiger partial charge in [-0.1, -0.05) is 68.8 Å². The smallest absolute Gasteiger partial charge is 0.0308 e. The van der Waals surface area contributed by atoms with E-state index in [1.807, 2.05) is 0 Å². The molecule has 0 aliphatic heterocycles. The molecule has 0 radical (unpaired) electrons. The van der Waals surface area contributed by atoms with Gasteiger partial charge in [0.15, 0.2) is 0 Å². The van der Waals surface area contributed by atoms with Gasteiger partial charge >= 0.3 is 0 Å². The van der Waals surface area contributed by atoms with Gasteiger partial charge in [0.25, 0.3) is 0 Å². The molecule has 2 aliphatic rings. The summed E-state index contributed by atoms with van der Waals surface area (Å²) in [6.07, 6.45) is 6.26. The van der Waals surface area contributed by atoms with E-state index in [0.29, 0.717) is 5.92 Å². The number of allylic oxidation sites excluding steroid dienone is 1. The lowest BCUT2D eigenvalue weighted by Crippen LogP contribution is -2.16. The second-order valence-corrected chi connectivity index (χ2v) is 8.26. The molecule has 0 N–H and O–H groups in total. The Bertz CT molecular complexity index is 799. The van der Waals surface area contributed by atoms with Crippen LogP contribution in [0.15, 0.2) is 42.0 Å². The van der Waals surface area contributed by atoms with Crippen LogP contribution in [-0.2, 0) is 18.3 Å². The monoisotopic (exact) mass is 302 g/mol. The summed E-state index contributed by atoms with van der Waals surface area (Å²) in [6.45, 7) is 9.27. The highest BCUT2D eigenvalue weighted by molar-refractivity contribution is 5.71. The molecule has 0 amide bonds. The average molecular weight is 302 g/mol. The van der Waals surface area contributed by atoms with Crippen LogP contribution in [0.3, 0.4) is 0 Å². The highest BCUT2D eigenvalue weighted by Gasteiger charge is 2.30. The number of benzene rings is 2. The van der Waals surface area contributed by atoms with Crippen molar-refractivity contribution in [2.75, 3.05) is 0 Å². The molecule has 0 saturated heterocycles. The van der Waals surface area contributed by atoms with Crippen molar-refractivity contribution in [1.82, 2.24) is 0 Å². The zero-order chi connectivity index (χ0) is 16.2. The Kier molecular flexibility index (Phi) is 3.27. The molecular weight excluding hydrogens is 276 g/mol. The largest absolute Gasteiger partial charge is 0.0620 e. The van der Waals surface area contributed by atoms with Crippen molar-refractivity contribution in [3.05, 3.63) is 75.4 Å². The Labute approximate surface area is 140 Å². The first-order valence-electron chi connectivity index (χ1n) is 8.88. The summed E-state index contributed by atoms with van der Waals surface area (Å²) >= 11 is 0. The number of hydrogen-bond acceptors (Lipinski definition) is 0. The lowest BCUT2D eigenvalue weighted by molar-refractivity contribution is 0.581. The molecule has 2 aromatic rings. The first kappa shape index (κ1) is 14.8. The molecule has 2 aromatic carbocycles. The molecule has 0 aromatic heterocycles. The van der Waals surface area contributed by atoms with E-state index in [2.05, 4.69) is 70.2 Å². The molecule has 4 rings (SSSR count). The quantitative estimate of drug-likeness (QED) is 0.604. The van der Waals surface area contributed by atoms with Crippen LogP contribution in [0.5, 0.6) is 0 Å².